The molecule has 3 nitrogen and oxygen atoms in total. The fourth-order valence-corrected chi connectivity index (χ4v) is 2.17. The van der Waals surface area contributed by atoms with Crippen LogP contribution < -0.4 is 5.32 Å². The molecule has 1 atom stereocenters. The second kappa shape index (κ2) is 2.05. The van der Waals surface area contributed by atoms with Crippen LogP contribution in [0, 0.1) is 0 Å². The molecule has 2 rings (SSSR count). The van der Waals surface area contributed by atoms with Gasteiger partial charge in [0.25, 0.3) is 0 Å². The highest BCUT2D eigenvalue weighted by atomic mass is 31.0. The van der Waals surface area contributed by atoms with Crippen molar-refractivity contribution in [2.45, 2.75) is 25.9 Å². The molecule has 0 saturated carbocycles. The zero-order valence-electron chi connectivity index (χ0n) is 6.76. The predicted octanol–water partition coefficient (Wildman–Crippen LogP) is 0.860. The van der Waals surface area contributed by atoms with Crippen LogP contribution in [0.5, 0.6) is 0 Å². The van der Waals surface area contributed by atoms with E-state index in [0.717, 1.165) is 6.54 Å². The molecule has 1 aromatic heterocycles. The Bertz CT molecular complexity index is 290. The average molecular weight is 169 g/mol. The zero-order valence-corrected chi connectivity index (χ0v) is 7.91. The molecule has 0 radical (unpaired) electrons. The smallest absolute Gasteiger partial charge is 0.0659 e. The third-order valence-electron chi connectivity index (χ3n) is 2.18. The Hall–Kier alpha value is -0.400. The van der Waals surface area contributed by atoms with Crippen molar-refractivity contribution in [2.75, 3.05) is 0 Å². The van der Waals surface area contributed by atoms with Crippen molar-refractivity contribution in [1.82, 2.24) is 14.9 Å². The van der Waals surface area contributed by atoms with E-state index in [0.29, 0.717) is 0 Å². The average Bonchev–Trinajstić information content (AvgIpc) is 2.38. The summed E-state index contributed by atoms with van der Waals surface area (Å²) in [4.78, 5) is 0. The van der Waals surface area contributed by atoms with Crippen LogP contribution in [0.3, 0.4) is 0 Å². The number of nitrogens with one attached hydrogen (secondary N) is 1. The largest absolute Gasteiger partial charge is 0.302 e. The molecule has 0 aromatic carbocycles. The van der Waals surface area contributed by atoms with Crippen molar-refractivity contribution in [3.8, 4) is 0 Å². The quantitative estimate of drug-likeness (QED) is 0.584. The molecule has 1 aliphatic rings. The maximum atomic E-state index is 4.17. The minimum absolute atomic E-state index is 0.0770. The van der Waals surface area contributed by atoms with E-state index in [-0.39, 0.29) is 5.54 Å². The first-order chi connectivity index (χ1) is 5.11. The third-order valence-corrected chi connectivity index (χ3v) is 2.58. The van der Waals surface area contributed by atoms with Crippen molar-refractivity contribution < 1.29 is 0 Å². The molecule has 0 fully saturated rings. The summed E-state index contributed by atoms with van der Waals surface area (Å²) >= 11 is 0. The second-order valence-corrected chi connectivity index (χ2v) is 3.93. The molecule has 0 amide bonds. The Morgan fingerprint density at radius 1 is 1.73 bits per heavy atom. The number of rotatable bonds is 0. The van der Waals surface area contributed by atoms with Gasteiger partial charge in [-0.3, -0.25) is 4.45 Å². The first kappa shape index (κ1) is 7.26. The van der Waals surface area contributed by atoms with E-state index in [1.54, 1.807) is 0 Å². The molecule has 0 saturated heterocycles. The highest BCUT2D eigenvalue weighted by Crippen LogP contribution is 2.30. The fourth-order valence-electron chi connectivity index (χ4n) is 1.61. The molecule has 11 heavy (non-hydrogen) atoms. The van der Waals surface area contributed by atoms with Crippen molar-refractivity contribution in [1.29, 1.82) is 0 Å². The van der Waals surface area contributed by atoms with Gasteiger partial charge in [-0.05, 0) is 23.2 Å². The van der Waals surface area contributed by atoms with E-state index in [1.165, 1.54) is 11.3 Å². The van der Waals surface area contributed by atoms with Crippen LogP contribution in [-0.4, -0.2) is 9.55 Å². The number of nitrogens with zero attached hydrogens (tertiary/aromatic N) is 2. The molecular weight excluding hydrogens is 157 g/mol. The Morgan fingerprint density at radius 2 is 2.45 bits per heavy atom. The van der Waals surface area contributed by atoms with Crippen LogP contribution in [0.15, 0.2) is 6.20 Å². The van der Waals surface area contributed by atoms with Crippen LogP contribution >= 0.6 is 9.39 Å². The lowest BCUT2D eigenvalue weighted by Gasteiger charge is -2.19. The third kappa shape index (κ3) is 0.916. The van der Waals surface area contributed by atoms with Gasteiger partial charge in [-0.25, -0.2) is 0 Å². The van der Waals surface area contributed by atoms with Crippen LogP contribution in [-0.2, 0) is 12.1 Å². The van der Waals surface area contributed by atoms with E-state index in [2.05, 4.69) is 33.7 Å². The van der Waals surface area contributed by atoms with Gasteiger partial charge in [-0.2, -0.15) is 5.10 Å². The van der Waals surface area contributed by atoms with Gasteiger partial charge in [-0.1, -0.05) is 0 Å². The van der Waals surface area contributed by atoms with Crippen molar-refractivity contribution in [2.24, 2.45) is 0 Å². The topological polar surface area (TPSA) is 29.9 Å². The minimum Gasteiger partial charge on any atom is -0.302 e. The summed E-state index contributed by atoms with van der Waals surface area (Å²) in [5, 5.41) is 7.58. The van der Waals surface area contributed by atoms with Gasteiger partial charge in [0.05, 0.1) is 17.4 Å². The maximum absolute atomic E-state index is 4.17. The van der Waals surface area contributed by atoms with Crippen molar-refractivity contribution >= 4 is 9.39 Å². The van der Waals surface area contributed by atoms with Gasteiger partial charge in [0.2, 0.25) is 0 Å². The van der Waals surface area contributed by atoms with Crippen LogP contribution in [0.4, 0.5) is 0 Å². The van der Waals surface area contributed by atoms with Crippen LogP contribution in [0.2, 0.25) is 0 Å². The SMILES string of the molecule is CC1(C)NCc2cnn(P)c21. The molecule has 1 unspecified atom stereocenters. The lowest BCUT2D eigenvalue weighted by Crippen LogP contribution is -2.30. The second-order valence-electron chi connectivity index (χ2n) is 3.44. The normalized spacial score (nSPS) is 20.3. The van der Waals surface area contributed by atoms with Gasteiger partial charge >= 0.3 is 0 Å². The number of fused-ring (bicyclic) bond motifs is 1. The Labute approximate surface area is 68.4 Å². The maximum Gasteiger partial charge on any atom is 0.0659 e. The van der Waals surface area contributed by atoms with Gasteiger partial charge in [0.15, 0.2) is 0 Å². The van der Waals surface area contributed by atoms with E-state index in [9.17, 15) is 0 Å². The lowest BCUT2D eigenvalue weighted by atomic mass is 10.0. The van der Waals surface area contributed by atoms with E-state index >= 15 is 0 Å². The van der Waals surface area contributed by atoms with Gasteiger partial charge < -0.3 is 5.32 Å². The van der Waals surface area contributed by atoms with Gasteiger partial charge in [0, 0.05) is 12.1 Å². The molecule has 4 heteroatoms. The fraction of sp³-hybridized carbons (Fsp3) is 0.571. The van der Waals surface area contributed by atoms with E-state index < -0.39 is 0 Å². The summed E-state index contributed by atoms with van der Waals surface area (Å²) < 4.78 is 1.87. The van der Waals surface area contributed by atoms with Crippen molar-refractivity contribution in [3.05, 3.63) is 17.5 Å². The molecule has 2 heterocycles. The Morgan fingerprint density at radius 3 is 3.09 bits per heavy atom. The van der Waals surface area contributed by atoms with Crippen molar-refractivity contribution in [3.63, 3.8) is 0 Å². The monoisotopic (exact) mass is 169 g/mol. The lowest BCUT2D eigenvalue weighted by molar-refractivity contribution is 0.425. The Balaban J connectivity index is 2.60. The van der Waals surface area contributed by atoms with Crippen LogP contribution in [0.25, 0.3) is 0 Å². The zero-order chi connectivity index (χ0) is 8.06. The van der Waals surface area contributed by atoms with Crippen LogP contribution in [0.1, 0.15) is 25.1 Å². The highest BCUT2D eigenvalue weighted by molar-refractivity contribution is 7.14. The summed E-state index contributed by atoms with van der Waals surface area (Å²) in [7, 11) is 2.60. The first-order valence-corrected chi connectivity index (χ1v) is 4.20. The van der Waals surface area contributed by atoms with Gasteiger partial charge in [-0.15, -0.1) is 0 Å². The highest BCUT2D eigenvalue weighted by Gasteiger charge is 2.32. The minimum atomic E-state index is 0.0770. The molecular formula is C7H12N3P. The van der Waals surface area contributed by atoms with Gasteiger partial charge in [0.1, 0.15) is 0 Å². The van der Waals surface area contributed by atoms with E-state index in [4.69, 9.17) is 0 Å². The summed E-state index contributed by atoms with van der Waals surface area (Å²) in [6, 6.07) is 0. The number of aromatic nitrogens is 2. The molecule has 1 aromatic rings. The molecule has 0 aliphatic carbocycles. The summed E-state index contributed by atoms with van der Waals surface area (Å²) in [6.07, 6.45) is 1.92. The first-order valence-electron chi connectivity index (χ1n) is 3.69. The summed E-state index contributed by atoms with van der Waals surface area (Å²) in [6.45, 7) is 5.28. The molecule has 1 N–H and O–H groups in total. The summed E-state index contributed by atoms with van der Waals surface area (Å²) in [5.74, 6) is 0. The summed E-state index contributed by atoms with van der Waals surface area (Å²) in [5.41, 5.74) is 2.67. The number of hydrogen-bond acceptors (Lipinski definition) is 2. The molecule has 60 valence electrons. The standard InChI is InChI=1S/C7H12N3P/c1-7(2)6-5(3-8-7)4-9-10(6)11/h4,8H,3,11H2,1-2H3. The number of hydrogen-bond donors (Lipinski definition) is 1. The molecule has 1 aliphatic heterocycles. The Kier molecular flexibility index (Phi) is 1.35. The predicted molar refractivity (Wildman–Crippen MR) is 47.2 cm³/mol. The van der Waals surface area contributed by atoms with E-state index in [1.807, 2.05) is 10.6 Å². The molecule has 0 spiro atoms. The molecule has 0 bridgehead atoms.